The molecule has 1 aliphatic carbocycles. The SMILES string of the molecule is CN1CCC(OC(=O)CC2(c3ccccc3)CC3(CCCC3)C(=O)O2)CC1. The number of hydrogen-bond acceptors (Lipinski definition) is 5. The maximum atomic E-state index is 12.8. The zero-order valence-electron chi connectivity index (χ0n) is 16.1. The summed E-state index contributed by atoms with van der Waals surface area (Å²) in [5, 5.41) is 0. The van der Waals surface area contributed by atoms with Crippen molar-refractivity contribution in [3.63, 3.8) is 0 Å². The topological polar surface area (TPSA) is 55.8 Å². The predicted molar refractivity (Wildman–Crippen MR) is 101 cm³/mol. The number of hydrogen-bond donors (Lipinski definition) is 0. The quantitative estimate of drug-likeness (QED) is 0.759. The molecule has 5 heteroatoms. The molecule has 1 aromatic rings. The fraction of sp³-hybridized carbons (Fsp3) is 0.636. The maximum absolute atomic E-state index is 12.8. The third kappa shape index (κ3) is 3.62. The van der Waals surface area contributed by atoms with Crippen molar-refractivity contribution in [2.75, 3.05) is 20.1 Å². The number of cyclic esters (lactones) is 1. The summed E-state index contributed by atoms with van der Waals surface area (Å²) in [5.74, 6) is -0.382. The lowest BCUT2D eigenvalue weighted by molar-refractivity contribution is -0.164. The van der Waals surface area contributed by atoms with E-state index in [1.54, 1.807) is 0 Å². The lowest BCUT2D eigenvalue weighted by atomic mass is 9.75. The highest BCUT2D eigenvalue weighted by atomic mass is 16.6. The van der Waals surface area contributed by atoms with Gasteiger partial charge in [0.1, 0.15) is 11.7 Å². The van der Waals surface area contributed by atoms with Crippen molar-refractivity contribution in [1.29, 1.82) is 0 Å². The van der Waals surface area contributed by atoms with Crippen LogP contribution < -0.4 is 0 Å². The van der Waals surface area contributed by atoms with Crippen LogP contribution in [0.1, 0.15) is 56.9 Å². The van der Waals surface area contributed by atoms with E-state index in [9.17, 15) is 9.59 Å². The van der Waals surface area contributed by atoms with E-state index in [0.29, 0.717) is 6.42 Å². The van der Waals surface area contributed by atoms with E-state index in [-0.39, 0.29) is 24.5 Å². The van der Waals surface area contributed by atoms with Crippen LogP contribution >= 0.6 is 0 Å². The molecule has 146 valence electrons. The molecule has 4 rings (SSSR count). The van der Waals surface area contributed by atoms with Gasteiger partial charge >= 0.3 is 11.9 Å². The Morgan fingerprint density at radius 1 is 1.19 bits per heavy atom. The molecule has 2 saturated heterocycles. The van der Waals surface area contributed by atoms with Crippen molar-refractivity contribution in [1.82, 2.24) is 4.90 Å². The first kappa shape index (κ1) is 18.5. The molecule has 3 aliphatic rings. The molecule has 1 spiro atoms. The lowest BCUT2D eigenvalue weighted by Crippen LogP contribution is -2.37. The number of piperidine rings is 1. The Hall–Kier alpha value is -1.88. The first-order valence-electron chi connectivity index (χ1n) is 10.2. The summed E-state index contributed by atoms with van der Waals surface area (Å²) in [4.78, 5) is 27.9. The molecule has 2 aliphatic heterocycles. The van der Waals surface area contributed by atoms with E-state index >= 15 is 0 Å². The van der Waals surface area contributed by atoms with Crippen molar-refractivity contribution >= 4 is 11.9 Å². The molecule has 27 heavy (non-hydrogen) atoms. The summed E-state index contributed by atoms with van der Waals surface area (Å²) < 4.78 is 11.8. The van der Waals surface area contributed by atoms with E-state index in [0.717, 1.165) is 57.2 Å². The smallest absolute Gasteiger partial charge is 0.313 e. The average Bonchev–Trinajstić information content (AvgIpc) is 3.24. The van der Waals surface area contributed by atoms with Gasteiger partial charge in [0.25, 0.3) is 0 Å². The molecule has 0 aromatic heterocycles. The first-order valence-corrected chi connectivity index (χ1v) is 10.2. The van der Waals surface area contributed by atoms with Gasteiger partial charge in [0.05, 0.1) is 11.8 Å². The monoisotopic (exact) mass is 371 g/mol. The third-order valence-electron chi connectivity index (χ3n) is 6.60. The fourth-order valence-corrected chi connectivity index (χ4v) is 5.04. The van der Waals surface area contributed by atoms with Crippen LogP contribution in [0.4, 0.5) is 0 Å². The molecule has 1 unspecified atom stereocenters. The summed E-state index contributed by atoms with van der Waals surface area (Å²) >= 11 is 0. The van der Waals surface area contributed by atoms with Gasteiger partial charge in [0, 0.05) is 19.5 Å². The maximum Gasteiger partial charge on any atom is 0.313 e. The number of ether oxygens (including phenoxy) is 2. The zero-order chi connectivity index (χ0) is 18.9. The number of nitrogens with zero attached hydrogens (tertiary/aromatic N) is 1. The van der Waals surface area contributed by atoms with Gasteiger partial charge in [-0.25, -0.2) is 0 Å². The summed E-state index contributed by atoms with van der Waals surface area (Å²) in [6, 6.07) is 9.74. The fourth-order valence-electron chi connectivity index (χ4n) is 5.04. The standard InChI is InChI=1S/C22H29NO4/c1-23-13-9-18(10-14-23)26-19(24)15-22(17-7-3-2-4-8-17)16-21(20(25)27-22)11-5-6-12-21/h2-4,7-8,18H,5-6,9-16H2,1H3. The van der Waals surface area contributed by atoms with Crippen molar-refractivity contribution in [3.05, 3.63) is 35.9 Å². The van der Waals surface area contributed by atoms with Gasteiger partial charge in [-0.1, -0.05) is 43.2 Å². The Kier molecular flexibility index (Phi) is 4.97. The van der Waals surface area contributed by atoms with Gasteiger partial charge in [-0.05, 0) is 38.3 Å². The minimum Gasteiger partial charge on any atom is -0.462 e. The molecule has 0 N–H and O–H groups in total. The van der Waals surface area contributed by atoms with E-state index in [4.69, 9.17) is 9.47 Å². The van der Waals surface area contributed by atoms with Crippen LogP contribution in [0.15, 0.2) is 30.3 Å². The van der Waals surface area contributed by atoms with Crippen LogP contribution in [0.5, 0.6) is 0 Å². The molecular weight excluding hydrogens is 342 g/mol. The van der Waals surface area contributed by atoms with Gasteiger partial charge in [0.2, 0.25) is 0 Å². The molecule has 0 radical (unpaired) electrons. The molecule has 3 fully saturated rings. The Bertz CT molecular complexity index is 690. The number of esters is 2. The van der Waals surface area contributed by atoms with Gasteiger partial charge in [0.15, 0.2) is 0 Å². The lowest BCUT2D eigenvalue weighted by Gasteiger charge is -2.31. The minimum absolute atomic E-state index is 0.0286. The number of carbonyl (C=O) groups excluding carboxylic acids is 2. The Labute approximate surface area is 161 Å². The molecule has 2 heterocycles. The molecule has 5 nitrogen and oxygen atoms in total. The second kappa shape index (κ2) is 7.27. The molecule has 1 saturated carbocycles. The summed E-state index contributed by atoms with van der Waals surface area (Å²) in [6.45, 7) is 1.89. The molecular formula is C22H29NO4. The second-order valence-corrected chi connectivity index (χ2v) is 8.58. The van der Waals surface area contributed by atoms with Crippen LogP contribution in [0.2, 0.25) is 0 Å². The molecule has 0 amide bonds. The molecule has 1 atom stereocenters. The second-order valence-electron chi connectivity index (χ2n) is 8.58. The third-order valence-corrected chi connectivity index (χ3v) is 6.60. The van der Waals surface area contributed by atoms with E-state index in [2.05, 4.69) is 11.9 Å². The number of rotatable bonds is 4. The summed E-state index contributed by atoms with van der Waals surface area (Å²) in [6.07, 6.45) is 6.24. The number of carbonyl (C=O) groups is 2. The Morgan fingerprint density at radius 2 is 1.85 bits per heavy atom. The van der Waals surface area contributed by atoms with Crippen LogP contribution in [0.25, 0.3) is 0 Å². The highest BCUT2D eigenvalue weighted by Crippen LogP contribution is 2.56. The number of benzene rings is 1. The number of likely N-dealkylation sites (tertiary alicyclic amines) is 1. The van der Waals surface area contributed by atoms with Crippen LogP contribution in [0, 0.1) is 5.41 Å². The van der Waals surface area contributed by atoms with E-state index in [1.165, 1.54) is 0 Å². The first-order chi connectivity index (χ1) is 13.0. The van der Waals surface area contributed by atoms with Gasteiger partial charge < -0.3 is 14.4 Å². The molecule has 0 bridgehead atoms. The minimum atomic E-state index is -0.884. The predicted octanol–water partition coefficient (Wildman–Crippen LogP) is 3.42. The van der Waals surface area contributed by atoms with Crippen LogP contribution in [-0.2, 0) is 24.7 Å². The Balaban J connectivity index is 1.53. The highest BCUT2D eigenvalue weighted by molar-refractivity contribution is 5.82. The largest absolute Gasteiger partial charge is 0.462 e. The van der Waals surface area contributed by atoms with Crippen molar-refractivity contribution in [2.45, 2.75) is 63.1 Å². The highest BCUT2D eigenvalue weighted by Gasteiger charge is 2.59. The van der Waals surface area contributed by atoms with E-state index < -0.39 is 11.0 Å². The van der Waals surface area contributed by atoms with Gasteiger partial charge in [-0.15, -0.1) is 0 Å². The van der Waals surface area contributed by atoms with E-state index in [1.807, 2.05) is 30.3 Å². The van der Waals surface area contributed by atoms with Gasteiger partial charge in [-0.2, -0.15) is 0 Å². The van der Waals surface area contributed by atoms with Crippen molar-refractivity contribution < 1.29 is 19.1 Å². The van der Waals surface area contributed by atoms with Gasteiger partial charge in [-0.3, -0.25) is 9.59 Å². The van der Waals surface area contributed by atoms with Crippen molar-refractivity contribution in [3.8, 4) is 0 Å². The Morgan fingerprint density at radius 3 is 2.52 bits per heavy atom. The van der Waals surface area contributed by atoms with Crippen LogP contribution in [-0.4, -0.2) is 43.1 Å². The molecule has 1 aromatic carbocycles. The zero-order valence-corrected chi connectivity index (χ0v) is 16.1. The summed E-state index contributed by atoms with van der Waals surface area (Å²) in [5.41, 5.74) is -0.392. The van der Waals surface area contributed by atoms with Crippen molar-refractivity contribution in [2.24, 2.45) is 5.41 Å². The normalized spacial score (nSPS) is 28.4. The summed E-state index contributed by atoms with van der Waals surface area (Å²) in [7, 11) is 2.08. The van der Waals surface area contributed by atoms with Crippen LogP contribution in [0.3, 0.4) is 0 Å². The average molecular weight is 371 g/mol.